The summed E-state index contributed by atoms with van der Waals surface area (Å²) in [7, 11) is -16.5. The van der Waals surface area contributed by atoms with Gasteiger partial charge >= 0.3 is 23.5 Å². The second-order valence-corrected chi connectivity index (χ2v) is 20.5. The zero-order valence-electron chi connectivity index (χ0n) is 35.5. The van der Waals surface area contributed by atoms with Crippen LogP contribution in [0.4, 0.5) is 5.82 Å². The van der Waals surface area contributed by atoms with Gasteiger partial charge in [0.15, 0.2) is 28.6 Å². The van der Waals surface area contributed by atoms with Crippen molar-refractivity contribution in [3.05, 3.63) is 54.6 Å². The fraction of sp³-hybridized carbons (Fsp3) is 0.472. The van der Waals surface area contributed by atoms with E-state index in [-0.39, 0.29) is 42.2 Å². The van der Waals surface area contributed by atoms with E-state index in [2.05, 4.69) is 34.4 Å². The maximum atomic E-state index is 12.7. The highest BCUT2D eigenvalue weighted by atomic mass is 32.2. The number of ether oxygens (including phenoxy) is 1. The molecule has 10 N–H and O–H groups in total. The molecule has 0 saturated carbocycles. The number of phosphoric acid groups is 3. The maximum absolute atomic E-state index is 12.7. The number of hydrogen-bond acceptors (Lipinski definition) is 21. The summed E-state index contributed by atoms with van der Waals surface area (Å²) in [5.41, 5.74) is 4.92. The number of aromatic nitrogens is 4. The summed E-state index contributed by atoms with van der Waals surface area (Å²) in [6, 6.07) is 8.90. The summed E-state index contributed by atoms with van der Waals surface area (Å²) in [5.74, 6) is -3.40. The van der Waals surface area contributed by atoms with Gasteiger partial charge in [-0.25, -0.2) is 28.6 Å². The number of rotatable bonds is 27. The Balaban J connectivity index is 1.14. The van der Waals surface area contributed by atoms with Crippen molar-refractivity contribution in [2.45, 2.75) is 70.2 Å². The van der Waals surface area contributed by atoms with Crippen molar-refractivity contribution in [3.63, 3.8) is 0 Å². The van der Waals surface area contributed by atoms with Crippen LogP contribution in [0.2, 0.25) is 0 Å². The number of allylic oxidation sites excluding steroid dienone is 1. The second-order valence-electron chi connectivity index (χ2n) is 15.1. The van der Waals surface area contributed by atoms with Crippen LogP contribution >= 0.6 is 35.2 Å². The number of nitrogens with zero attached hydrogens (tertiary/aromatic N) is 4. The number of thioether (sulfide) groups is 1. The zero-order chi connectivity index (χ0) is 49.7. The molecule has 1 fully saturated rings. The van der Waals surface area contributed by atoms with Gasteiger partial charge in [-0.15, -0.1) is 0 Å². The molecule has 0 bridgehead atoms. The normalized spacial score (nSPS) is 19.9. The molecule has 3 aromatic rings. The average Bonchev–Trinajstić information content (AvgIpc) is 3.79. The third-order valence-electron chi connectivity index (χ3n) is 9.13. The lowest BCUT2D eigenvalue weighted by Gasteiger charge is -2.30. The third kappa shape index (κ3) is 17.8. The first-order valence-electron chi connectivity index (χ1n) is 19.6. The molecule has 2 unspecified atom stereocenters. The van der Waals surface area contributed by atoms with Gasteiger partial charge in [-0.05, 0) is 11.6 Å². The molecule has 67 heavy (non-hydrogen) atoms. The van der Waals surface area contributed by atoms with Crippen molar-refractivity contribution in [2.75, 3.05) is 37.8 Å². The van der Waals surface area contributed by atoms with Crippen LogP contribution in [0.15, 0.2) is 49.1 Å². The molecule has 2 aromatic heterocycles. The van der Waals surface area contributed by atoms with Gasteiger partial charge < -0.3 is 50.9 Å². The zero-order valence-corrected chi connectivity index (χ0v) is 39.0. The minimum atomic E-state index is -5.62. The first kappa shape index (κ1) is 55.1. The lowest BCUT2D eigenvalue weighted by atomic mass is 9.87. The number of anilines is 1. The molecule has 7 atom stereocenters. The Morgan fingerprint density at radius 2 is 1.61 bits per heavy atom. The number of aliphatic hydroxyl groups excluding tert-OH is 2. The lowest BCUT2D eigenvalue weighted by Crippen LogP contribution is -2.46. The van der Waals surface area contributed by atoms with Gasteiger partial charge in [-0.2, -0.15) is 4.31 Å². The van der Waals surface area contributed by atoms with Crippen LogP contribution in [0.3, 0.4) is 0 Å². The fourth-order valence-electron chi connectivity index (χ4n) is 5.86. The fourth-order valence-corrected chi connectivity index (χ4v) is 9.38. The Hall–Kier alpha value is -4.47. The van der Waals surface area contributed by atoms with E-state index in [1.807, 2.05) is 0 Å². The van der Waals surface area contributed by atoms with Crippen LogP contribution in [0.1, 0.15) is 51.3 Å². The number of nitrogens with two attached hydrogens (primary N) is 1. The van der Waals surface area contributed by atoms with E-state index in [0.717, 1.165) is 34.5 Å². The van der Waals surface area contributed by atoms with Crippen molar-refractivity contribution in [3.8, 4) is 0 Å². The molecule has 0 radical (unpaired) electrons. The number of ketones is 3. The minimum absolute atomic E-state index is 0.0110. The number of benzene rings is 1. The van der Waals surface area contributed by atoms with Crippen LogP contribution in [0.5, 0.6) is 0 Å². The molecule has 4 rings (SSSR count). The summed E-state index contributed by atoms with van der Waals surface area (Å²) >= 11 is 0.735. The number of amides is 2. The van der Waals surface area contributed by atoms with Crippen LogP contribution in [-0.2, 0) is 65.1 Å². The topological polar surface area (TPSA) is 415 Å². The Morgan fingerprint density at radius 3 is 2.30 bits per heavy atom. The van der Waals surface area contributed by atoms with Gasteiger partial charge in [0.25, 0.3) is 0 Å². The second kappa shape index (κ2) is 24.2. The van der Waals surface area contributed by atoms with E-state index >= 15 is 0 Å². The van der Waals surface area contributed by atoms with Gasteiger partial charge in [-0.1, -0.05) is 62.0 Å². The predicted molar refractivity (Wildman–Crippen MR) is 231 cm³/mol. The number of carbonyl (C=O) groups excluding carboxylic acids is 6. The Morgan fingerprint density at radius 1 is 0.940 bits per heavy atom. The van der Waals surface area contributed by atoms with E-state index in [1.54, 1.807) is 30.3 Å². The lowest BCUT2D eigenvalue weighted by molar-refractivity contribution is -0.137. The van der Waals surface area contributed by atoms with Gasteiger partial charge in [0, 0.05) is 30.7 Å². The number of carbonyl (C=O) groups is 6. The molecule has 1 saturated heterocycles. The summed E-state index contributed by atoms with van der Waals surface area (Å²) in [4.78, 5) is 124. The summed E-state index contributed by atoms with van der Waals surface area (Å²) in [6.07, 6.45) is -6.11. The molecular weight excluding hydrogens is 975 g/mol. The van der Waals surface area contributed by atoms with Crippen LogP contribution in [0.25, 0.3) is 17.2 Å². The molecular formula is C36H48N7O20P3S. The van der Waals surface area contributed by atoms with Gasteiger partial charge in [-0.3, -0.25) is 46.9 Å². The number of fused-ring (bicyclic) bond motifs is 1. The Kier molecular flexibility index (Phi) is 19.9. The largest absolute Gasteiger partial charge is 0.481 e. The predicted octanol–water partition coefficient (Wildman–Crippen LogP) is 0.256. The number of aliphatic hydroxyl groups is 2. The van der Waals surface area contributed by atoms with Crippen molar-refractivity contribution in [1.29, 1.82) is 0 Å². The molecule has 368 valence electrons. The van der Waals surface area contributed by atoms with Crippen molar-refractivity contribution >= 4 is 92.6 Å². The van der Waals surface area contributed by atoms with Gasteiger partial charge in [0.2, 0.25) is 11.8 Å². The van der Waals surface area contributed by atoms with Gasteiger partial charge in [0.1, 0.15) is 47.8 Å². The third-order valence-corrected chi connectivity index (χ3v) is 13.1. The summed E-state index contributed by atoms with van der Waals surface area (Å²) in [5, 5.41) is 25.7. The first-order chi connectivity index (χ1) is 31.3. The number of hydrogen-bond donors (Lipinski definition) is 9. The maximum Gasteiger partial charge on any atom is 0.481 e. The highest BCUT2D eigenvalue weighted by Gasteiger charge is 2.50. The SMILES string of the molecule is CC(C)(COP(=O)(O)OP(=O)(O)OC[C@H]1O[C@@H](n2cnc3c(N)ncnc32)[C@H](O)[C@@H]1OP(=O)(O)O)[C@@H](O)C(=O)NCCC(=O)NCCSC(=O)CC(=O)CC(=O)CC(=O)/C=C/c1ccccc1. The molecule has 27 nitrogen and oxygen atoms in total. The standard InChI is InChI=1S/C36H48N7O20P3S/c1-36(2,31(50)34(51)39-11-10-26(47)38-12-13-67-27(48)16-24(46)15-23(45)14-22(44)9-8-21-6-4-3-5-7-21)18-60-66(57,58)63-65(55,56)59-17-25-30(62-64(52,53)54)29(49)35(61-25)43-20-42-28-32(37)40-19-41-33(28)43/h3-9,19-20,25,29-31,35,49-50H,10-18H2,1-2H3,(H,38,47)(H,39,51)(H,55,56)(H,57,58)(H2,37,40,41)(H2,52,53,54)/b9-8+/t25-,29-,30-,31+,35-/m1/s1. The molecule has 1 aromatic carbocycles. The van der Waals surface area contributed by atoms with Crippen LogP contribution < -0.4 is 16.4 Å². The highest BCUT2D eigenvalue weighted by molar-refractivity contribution is 8.13. The molecule has 31 heteroatoms. The van der Waals surface area contributed by atoms with Crippen molar-refractivity contribution in [2.24, 2.45) is 5.41 Å². The quantitative estimate of drug-likeness (QED) is 0.0214. The molecule has 2 amide bonds. The monoisotopic (exact) mass is 1020 g/mol. The molecule has 1 aliphatic heterocycles. The number of nitrogen functional groups attached to an aromatic ring is 1. The van der Waals surface area contributed by atoms with E-state index in [1.165, 1.54) is 26.0 Å². The number of nitrogens with one attached hydrogen (secondary N) is 2. The van der Waals surface area contributed by atoms with E-state index < -0.39 is 126 Å². The van der Waals surface area contributed by atoms with E-state index in [0.29, 0.717) is 0 Å². The smallest absolute Gasteiger partial charge is 0.386 e. The summed E-state index contributed by atoms with van der Waals surface area (Å²) < 4.78 is 62.2. The number of Topliss-reactive ketones (excluding diaryl/α,β-unsaturated/α-hetero) is 2. The summed E-state index contributed by atoms with van der Waals surface area (Å²) in [6.45, 7) is 0.00550. The first-order valence-corrected chi connectivity index (χ1v) is 25.1. The van der Waals surface area contributed by atoms with Crippen molar-refractivity contribution in [1.82, 2.24) is 30.2 Å². The Bertz CT molecular complexity index is 2450. The number of imidazole rings is 1. The van der Waals surface area contributed by atoms with Crippen LogP contribution in [0, 0.1) is 5.41 Å². The molecule has 0 aliphatic carbocycles. The highest BCUT2D eigenvalue weighted by Crippen LogP contribution is 2.61. The minimum Gasteiger partial charge on any atom is -0.386 e. The van der Waals surface area contributed by atoms with E-state index in [4.69, 9.17) is 19.5 Å². The molecule has 0 spiro atoms. The average molecular weight is 1020 g/mol. The van der Waals surface area contributed by atoms with Gasteiger partial charge in [0.05, 0.1) is 38.8 Å². The number of phosphoric ester groups is 3. The molecule has 3 heterocycles. The van der Waals surface area contributed by atoms with Crippen LogP contribution in [-0.4, -0.2) is 140 Å². The van der Waals surface area contributed by atoms with E-state index in [9.17, 15) is 72.2 Å². The Labute approximate surface area is 384 Å². The van der Waals surface area contributed by atoms with Crippen molar-refractivity contribution < 1.29 is 94.9 Å². The molecule has 1 aliphatic rings.